The monoisotopic (exact) mass is 528 g/mol. The second kappa shape index (κ2) is 11.7. The minimum absolute atomic E-state index is 0.00991. The molecule has 1 aromatic rings. The van der Waals surface area contributed by atoms with Gasteiger partial charge in [0, 0.05) is 19.1 Å². The first kappa shape index (κ1) is 28.7. The molecule has 1 aromatic carbocycles. The van der Waals surface area contributed by atoms with Crippen molar-refractivity contribution in [3.8, 4) is 11.5 Å². The maximum Gasteiger partial charge on any atom is 0.422 e. The fourth-order valence-electron chi connectivity index (χ4n) is 3.86. The molecule has 2 heterocycles. The fraction of sp³-hybridized carbons (Fsp3) is 0.538. The predicted octanol–water partition coefficient (Wildman–Crippen LogP) is 4.85. The first-order chi connectivity index (χ1) is 17.3. The molecule has 3 rings (SSSR count). The lowest BCUT2D eigenvalue weighted by Crippen LogP contribution is -2.30. The zero-order valence-corrected chi connectivity index (χ0v) is 21.3. The largest absolute Gasteiger partial charge is 0.484 e. The maximum atomic E-state index is 13.2. The van der Waals surface area contributed by atoms with Crippen LogP contribution in [0.5, 0.6) is 11.5 Å². The normalized spacial score (nSPS) is 27.0. The Morgan fingerprint density at radius 2 is 1.81 bits per heavy atom. The van der Waals surface area contributed by atoms with Crippen LogP contribution in [0.25, 0.3) is 6.08 Å². The van der Waals surface area contributed by atoms with Crippen molar-refractivity contribution in [1.29, 1.82) is 0 Å². The van der Waals surface area contributed by atoms with Crippen LogP contribution in [-0.4, -0.2) is 62.5 Å². The van der Waals surface area contributed by atoms with Gasteiger partial charge in [-0.2, -0.15) is 13.2 Å². The van der Waals surface area contributed by atoms with E-state index in [2.05, 4.69) is 0 Å². The van der Waals surface area contributed by atoms with Crippen LogP contribution in [0.3, 0.4) is 0 Å². The highest BCUT2D eigenvalue weighted by Gasteiger charge is 2.43. The van der Waals surface area contributed by atoms with Crippen LogP contribution >= 0.6 is 0 Å². The van der Waals surface area contributed by atoms with E-state index in [-0.39, 0.29) is 47.5 Å². The van der Waals surface area contributed by atoms with Gasteiger partial charge < -0.3 is 28.4 Å². The van der Waals surface area contributed by atoms with Gasteiger partial charge in [0.1, 0.15) is 29.3 Å². The molecule has 0 amide bonds. The van der Waals surface area contributed by atoms with Gasteiger partial charge in [-0.3, -0.25) is 4.79 Å². The molecule has 1 fully saturated rings. The first-order valence-corrected chi connectivity index (χ1v) is 11.7. The van der Waals surface area contributed by atoms with Crippen molar-refractivity contribution < 1.29 is 51.2 Å². The summed E-state index contributed by atoms with van der Waals surface area (Å²) in [6.07, 6.45) is -0.296. The van der Waals surface area contributed by atoms with E-state index in [9.17, 15) is 22.8 Å². The van der Waals surface area contributed by atoms with E-state index >= 15 is 0 Å². The minimum atomic E-state index is -4.57. The molecular weight excluding hydrogens is 497 g/mol. The van der Waals surface area contributed by atoms with Gasteiger partial charge in [0.25, 0.3) is 0 Å². The van der Waals surface area contributed by atoms with Gasteiger partial charge in [-0.25, -0.2) is 4.79 Å². The topological polar surface area (TPSA) is 89.5 Å². The van der Waals surface area contributed by atoms with E-state index in [1.165, 1.54) is 31.4 Å². The molecule has 204 valence electrons. The number of carbonyl (C=O) groups excluding carboxylic acids is 2. The van der Waals surface area contributed by atoms with Crippen LogP contribution < -0.4 is 9.47 Å². The summed E-state index contributed by atoms with van der Waals surface area (Å²) in [5, 5.41) is 0. The van der Waals surface area contributed by atoms with Crippen LogP contribution in [0.15, 0.2) is 30.4 Å². The van der Waals surface area contributed by atoms with Gasteiger partial charge in [0.15, 0.2) is 25.0 Å². The van der Waals surface area contributed by atoms with Crippen molar-refractivity contribution in [2.45, 2.75) is 64.4 Å². The van der Waals surface area contributed by atoms with Crippen molar-refractivity contribution in [2.75, 3.05) is 20.5 Å². The van der Waals surface area contributed by atoms with Crippen LogP contribution in [0.2, 0.25) is 0 Å². The summed E-state index contributed by atoms with van der Waals surface area (Å²) in [6.45, 7) is 5.04. The molecule has 0 saturated carbocycles. The second-order valence-corrected chi connectivity index (χ2v) is 9.30. The molecule has 4 atom stereocenters. The number of halogens is 3. The first-order valence-electron chi connectivity index (χ1n) is 11.7. The quantitative estimate of drug-likeness (QED) is 0.396. The Balaban J connectivity index is 2.08. The Morgan fingerprint density at radius 1 is 1.08 bits per heavy atom. The van der Waals surface area contributed by atoms with E-state index in [1.54, 1.807) is 39.8 Å². The number of hydrogen-bond acceptors (Lipinski definition) is 8. The number of ether oxygens (including phenoxy) is 6. The van der Waals surface area contributed by atoms with Crippen molar-refractivity contribution in [3.63, 3.8) is 0 Å². The third-order valence-electron chi connectivity index (χ3n) is 5.77. The second-order valence-electron chi connectivity index (χ2n) is 9.30. The lowest BCUT2D eigenvalue weighted by atomic mass is 9.99. The van der Waals surface area contributed by atoms with Crippen molar-refractivity contribution in [3.05, 3.63) is 41.5 Å². The van der Waals surface area contributed by atoms with Crippen molar-refractivity contribution >= 4 is 17.8 Å². The Labute approximate surface area is 213 Å². The summed E-state index contributed by atoms with van der Waals surface area (Å²) in [5.41, 5.74) is 0.188. The van der Waals surface area contributed by atoms with E-state index in [4.69, 9.17) is 28.4 Å². The van der Waals surface area contributed by atoms with E-state index in [1.807, 2.05) is 0 Å². The fourth-order valence-corrected chi connectivity index (χ4v) is 3.86. The zero-order valence-electron chi connectivity index (χ0n) is 21.3. The highest BCUT2D eigenvalue weighted by molar-refractivity contribution is 5.97. The van der Waals surface area contributed by atoms with Gasteiger partial charge in [-0.15, -0.1) is 0 Å². The molecule has 8 nitrogen and oxygen atoms in total. The molecule has 2 aliphatic rings. The molecule has 0 unspecified atom stereocenters. The number of esters is 1. The van der Waals surface area contributed by atoms with Crippen LogP contribution in [0.4, 0.5) is 13.2 Å². The summed E-state index contributed by atoms with van der Waals surface area (Å²) in [5.74, 6) is -2.62. The summed E-state index contributed by atoms with van der Waals surface area (Å²) >= 11 is 0. The molecule has 0 aliphatic carbocycles. The standard InChI is InChI=1S/C26H31F3O8/c1-15-9-10-19(30)23-20(36-25(3,4)37-23)8-6-7-17-11-18(33-13-26(27,28)29)12-21(34-14-32-5)22(17)24(31)35-16(15)2/h6-7,9-12,15-16,20,23H,8,13-14H2,1-5H3/b7-6?,10-9-/t15-,16+,20+,23-/m1/s1. The number of carbonyl (C=O) groups is 2. The maximum absolute atomic E-state index is 13.2. The number of rotatable bonds is 5. The highest BCUT2D eigenvalue weighted by Crippen LogP contribution is 2.35. The smallest absolute Gasteiger partial charge is 0.422 e. The van der Waals surface area contributed by atoms with Gasteiger partial charge in [-0.1, -0.05) is 25.2 Å². The van der Waals surface area contributed by atoms with Gasteiger partial charge in [-0.05, 0) is 44.9 Å². The molecule has 0 aromatic heterocycles. The molecular formula is C26H31F3O8. The van der Waals surface area contributed by atoms with Crippen LogP contribution in [0.1, 0.15) is 50.0 Å². The Hall–Kier alpha value is -2.89. The average Bonchev–Trinajstić information content (AvgIpc) is 3.12. The van der Waals surface area contributed by atoms with E-state index in [0.29, 0.717) is 0 Å². The lowest BCUT2D eigenvalue weighted by Gasteiger charge is -2.21. The number of cyclic esters (lactones) is 1. The molecule has 1 saturated heterocycles. The highest BCUT2D eigenvalue weighted by atomic mass is 19.4. The number of hydrogen-bond donors (Lipinski definition) is 0. The molecule has 0 radical (unpaired) electrons. The zero-order chi connectivity index (χ0) is 27.4. The number of benzene rings is 1. The Kier molecular flexibility index (Phi) is 9.04. The van der Waals surface area contributed by atoms with Crippen molar-refractivity contribution in [1.82, 2.24) is 0 Å². The van der Waals surface area contributed by atoms with E-state index < -0.39 is 42.9 Å². The summed E-state index contributed by atoms with van der Waals surface area (Å²) in [6, 6.07) is 2.47. The van der Waals surface area contributed by atoms with Gasteiger partial charge >= 0.3 is 12.1 Å². The van der Waals surface area contributed by atoms with Crippen molar-refractivity contribution in [2.24, 2.45) is 5.92 Å². The number of alkyl halides is 3. The third-order valence-corrected chi connectivity index (χ3v) is 5.77. The van der Waals surface area contributed by atoms with Crippen LogP contribution in [-0.2, 0) is 23.7 Å². The molecule has 37 heavy (non-hydrogen) atoms. The summed E-state index contributed by atoms with van der Waals surface area (Å²) in [4.78, 5) is 26.1. The predicted molar refractivity (Wildman–Crippen MR) is 126 cm³/mol. The third kappa shape index (κ3) is 7.80. The molecule has 11 heteroatoms. The summed E-state index contributed by atoms with van der Waals surface area (Å²) < 4.78 is 71.1. The molecule has 0 N–H and O–H groups in total. The Morgan fingerprint density at radius 3 is 2.49 bits per heavy atom. The lowest BCUT2D eigenvalue weighted by molar-refractivity contribution is -0.153. The number of ketones is 1. The summed E-state index contributed by atoms with van der Waals surface area (Å²) in [7, 11) is 1.36. The molecule has 2 aliphatic heterocycles. The van der Waals surface area contributed by atoms with Gasteiger partial charge in [0.2, 0.25) is 0 Å². The van der Waals surface area contributed by atoms with E-state index in [0.717, 1.165) is 0 Å². The number of methoxy groups -OCH3 is 1. The minimum Gasteiger partial charge on any atom is -0.484 e. The molecule has 0 spiro atoms. The molecule has 0 bridgehead atoms. The SMILES string of the molecule is COCOc1cc(OCC(F)(F)F)cc2c1C(=O)O[C@@H](C)[C@H](C)/C=C\C(=O)[C@H]1OC(C)(C)O[C@H]1CC=C2. The Bertz CT molecular complexity index is 1050. The number of fused-ring (bicyclic) bond motifs is 2. The van der Waals surface area contributed by atoms with Gasteiger partial charge in [0.05, 0.1) is 6.10 Å². The average molecular weight is 529 g/mol. The van der Waals surface area contributed by atoms with Crippen LogP contribution in [0, 0.1) is 5.92 Å².